The van der Waals surface area contributed by atoms with E-state index in [9.17, 15) is 9.59 Å². The quantitative estimate of drug-likeness (QED) is 0.871. The summed E-state index contributed by atoms with van der Waals surface area (Å²) in [6.07, 6.45) is 0. The topological polar surface area (TPSA) is 79.5 Å². The SMILES string of the molecule is CC(=O)Nc1ccc(-c2ccc(C(=O)O)o2)cc1. The predicted molar refractivity (Wildman–Crippen MR) is 65.4 cm³/mol. The Balaban J connectivity index is 2.22. The Labute approximate surface area is 103 Å². The zero-order valence-corrected chi connectivity index (χ0v) is 9.64. The summed E-state index contributed by atoms with van der Waals surface area (Å²) in [5.41, 5.74) is 1.42. The van der Waals surface area contributed by atoms with E-state index in [0.717, 1.165) is 5.56 Å². The van der Waals surface area contributed by atoms with Gasteiger partial charge in [0.05, 0.1) is 0 Å². The summed E-state index contributed by atoms with van der Waals surface area (Å²) in [4.78, 5) is 21.5. The van der Waals surface area contributed by atoms with Gasteiger partial charge in [0.25, 0.3) is 0 Å². The molecule has 2 rings (SSSR count). The number of carbonyl (C=O) groups excluding carboxylic acids is 1. The largest absolute Gasteiger partial charge is 0.475 e. The molecule has 5 heteroatoms. The molecule has 0 aliphatic carbocycles. The molecule has 0 saturated heterocycles. The summed E-state index contributed by atoms with van der Waals surface area (Å²) in [7, 11) is 0. The van der Waals surface area contributed by atoms with Crippen LogP contribution in [0.4, 0.5) is 5.69 Å². The Bertz CT molecular complexity index is 583. The number of nitrogens with one attached hydrogen (secondary N) is 1. The molecule has 0 aliphatic heterocycles. The van der Waals surface area contributed by atoms with E-state index in [4.69, 9.17) is 9.52 Å². The van der Waals surface area contributed by atoms with E-state index in [1.807, 2.05) is 0 Å². The summed E-state index contributed by atoms with van der Waals surface area (Å²) in [6, 6.07) is 9.93. The van der Waals surface area contributed by atoms with Gasteiger partial charge in [0.15, 0.2) is 0 Å². The summed E-state index contributed by atoms with van der Waals surface area (Å²) in [5.74, 6) is -0.872. The molecular weight excluding hydrogens is 234 g/mol. The standard InChI is InChI=1S/C13H11NO4/c1-8(15)14-10-4-2-9(3-5-10)11-6-7-12(18-11)13(16)17/h2-7H,1H3,(H,14,15)(H,16,17). The maximum Gasteiger partial charge on any atom is 0.371 e. The van der Waals surface area contributed by atoms with Gasteiger partial charge >= 0.3 is 5.97 Å². The number of anilines is 1. The lowest BCUT2D eigenvalue weighted by atomic mass is 10.1. The molecule has 0 unspecified atom stereocenters. The van der Waals surface area contributed by atoms with Gasteiger partial charge in [-0.3, -0.25) is 4.79 Å². The lowest BCUT2D eigenvalue weighted by Crippen LogP contribution is -2.05. The summed E-state index contributed by atoms with van der Waals surface area (Å²) < 4.78 is 5.17. The van der Waals surface area contributed by atoms with Crippen LogP contribution in [-0.4, -0.2) is 17.0 Å². The van der Waals surface area contributed by atoms with Gasteiger partial charge in [0.1, 0.15) is 5.76 Å². The molecule has 18 heavy (non-hydrogen) atoms. The van der Waals surface area contributed by atoms with Gasteiger partial charge in [-0.05, 0) is 36.4 Å². The molecule has 0 bridgehead atoms. The first-order valence-corrected chi connectivity index (χ1v) is 5.27. The van der Waals surface area contributed by atoms with Gasteiger partial charge in [-0.25, -0.2) is 4.79 Å². The number of aromatic carboxylic acids is 1. The molecule has 0 spiro atoms. The molecule has 5 nitrogen and oxygen atoms in total. The molecular formula is C13H11NO4. The third kappa shape index (κ3) is 2.57. The van der Waals surface area contributed by atoms with Crippen LogP contribution in [0, 0.1) is 0 Å². The Morgan fingerprint density at radius 1 is 1.11 bits per heavy atom. The monoisotopic (exact) mass is 245 g/mol. The van der Waals surface area contributed by atoms with Crippen LogP contribution < -0.4 is 5.32 Å². The van der Waals surface area contributed by atoms with Crippen molar-refractivity contribution < 1.29 is 19.1 Å². The van der Waals surface area contributed by atoms with E-state index in [1.54, 1.807) is 30.3 Å². The fraction of sp³-hybridized carbons (Fsp3) is 0.0769. The molecule has 2 aromatic rings. The van der Waals surface area contributed by atoms with E-state index in [0.29, 0.717) is 11.4 Å². The van der Waals surface area contributed by atoms with Crippen LogP contribution in [0.3, 0.4) is 0 Å². The number of furan rings is 1. The molecule has 0 aliphatic rings. The van der Waals surface area contributed by atoms with Gasteiger partial charge in [-0.15, -0.1) is 0 Å². The van der Waals surface area contributed by atoms with Crippen molar-refractivity contribution >= 4 is 17.6 Å². The number of benzene rings is 1. The number of rotatable bonds is 3. The normalized spacial score (nSPS) is 10.1. The zero-order valence-electron chi connectivity index (χ0n) is 9.64. The Morgan fingerprint density at radius 2 is 1.78 bits per heavy atom. The van der Waals surface area contributed by atoms with E-state index < -0.39 is 5.97 Å². The third-order valence-electron chi connectivity index (χ3n) is 2.31. The van der Waals surface area contributed by atoms with Crippen LogP contribution in [0.1, 0.15) is 17.5 Å². The number of amides is 1. The van der Waals surface area contributed by atoms with Gasteiger partial charge in [0, 0.05) is 18.2 Å². The highest BCUT2D eigenvalue weighted by molar-refractivity contribution is 5.89. The maximum atomic E-state index is 10.9. The van der Waals surface area contributed by atoms with Crippen molar-refractivity contribution in [2.24, 2.45) is 0 Å². The first-order valence-electron chi connectivity index (χ1n) is 5.27. The van der Waals surface area contributed by atoms with E-state index in [1.165, 1.54) is 13.0 Å². The summed E-state index contributed by atoms with van der Waals surface area (Å²) >= 11 is 0. The van der Waals surface area contributed by atoms with Crippen LogP contribution in [0.5, 0.6) is 0 Å². The van der Waals surface area contributed by atoms with Crippen molar-refractivity contribution in [3.05, 3.63) is 42.2 Å². The highest BCUT2D eigenvalue weighted by Gasteiger charge is 2.10. The minimum Gasteiger partial charge on any atom is -0.475 e. The molecule has 0 atom stereocenters. The minimum atomic E-state index is -1.10. The Hall–Kier alpha value is -2.56. The van der Waals surface area contributed by atoms with Crippen LogP contribution in [-0.2, 0) is 4.79 Å². The van der Waals surface area contributed by atoms with Gasteiger partial charge in [-0.2, -0.15) is 0 Å². The summed E-state index contributed by atoms with van der Waals surface area (Å²) in [5, 5.41) is 11.4. The molecule has 0 fully saturated rings. The number of carbonyl (C=O) groups is 2. The molecule has 1 amide bonds. The van der Waals surface area contributed by atoms with E-state index in [-0.39, 0.29) is 11.7 Å². The summed E-state index contributed by atoms with van der Waals surface area (Å²) in [6.45, 7) is 1.43. The van der Waals surface area contributed by atoms with E-state index >= 15 is 0 Å². The highest BCUT2D eigenvalue weighted by Crippen LogP contribution is 2.23. The smallest absolute Gasteiger partial charge is 0.371 e. The van der Waals surface area contributed by atoms with Crippen molar-refractivity contribution in [2.75, 3.05) is 5.32 Å². The van der Waals surface area contributed by atoms with Crippen LogP contribution >= 0.6 is 0 Å². The van der Waals surface area contributed by atoms with Gasteiger partial charge < -0.3 is 14.8 Å². The molecule has 1 aromatic carbocycles. The molecule has 1 heterocycles. The highest BCUT2D eigenvalue weighted by atomic mass is 16.4. The van der Waals surface area contributed by atoms with E-state index in [2.05, 4.69) is 5.32 Å². The molecule has 0 saturated carbocycles. The second-order valence-corrected chi connectivity index (χ2v) is 3.73. The average Bonchev–Trinajstić information content (AvgIpc) is 2.78. The maximum absolute atomic E-state index is 10.9. The molecule has 1 aromatic heterocycles. The second-order valence-electron chi connectivity index (χ2n) is 3.73. The Morgan fingerprint density at radius 3 is 2.28 bits per heavy atom. The van der Waals surface area contributed by atoms with Gasteiger partial charge in [0.2, 0.25) is 11.7 Å². The van der Waals surface area contributed by atoms with Crippen LogP contribution in [0.15, 0.2) is 40.8 Å². The van der Waals surface area contributed by atoms with Crippen molar-refractivity contribution in [3.8, 4) is 11.3 Å². The average molecular weight is 245 g/mol. The fourth-order valence-corrected chi connectivity index (χ4v) is 1.53. The Kier molecular flexibility index (Phi) is 3.14. The van der Waals surface area contributed by atoms with Crippen molar-refractivity contribution in [1.29, 1.82) is 0 Å². The predicted octanol–water partition coefficient (Wildman–Crippen LogP) is 2.60. The first-order chi connectivity index (χ1) is 8.56. The number of hydrogen-bond donors (Lipinski definition) is 2. The van der Waals surface area contributed by atoms with Crippen LogP contribution in [0.2, 0.25) is 0 Å². The molecule has 2 N–H and O–H groups in total. The second kappa shape index (κ2) is 4.75. The first kappa shape index (κ1) is 11.9. The zero-order chi connectivity index (χ0) is 13.1. The lowest BCUT2D eigenvalue weighted by molar-refractivity contribution is -0.114. The number of carboxylic acid groups (broad SMARTS) is 1. The fourth-order valence-electron chi connectivity index (χ4n) is 1.53. The van der Waals surface area contributed by atoms with Crippen LogP contribution in [0.25, 0.3) is 11.3 Å². The van der Waals surface area contributed by atoms with Crippen molar-refractivity contribution in [1.82, 2.24) is 0 Å². The number of carboxylic acids is 1. The molecule has 0 radical (unpaired) electrons. The number of hydrogen-bond acceptors (Lipinski definition) is 3. The molecule has 92 valence electrons. The van der Waals surface area contributed by atoms with Gasteiger partial charge in [-0.1, -0.05) is 0 Å². The lowest BCUT2D eigenvalue weighted by Gasteiger charge is -2.02. The minimum absolute atomic E-state index is 0.101. The van der Waals surface area contributed by atoms with Crippen molar-refractivity contribution in [2.45, 2.75) is 6.92 Å². The van der Waals surface area contributed by atoms with Crippen molar-refractivity contribution in [3.63, 3.8) is 0 Å². The third-order valence-corrected chi connectivity index (χ3v) is 2.31.